The van der Waals surface area contributed by atoms with Crippen LogP contribution in [-0.2, 0) is 19.0 Å². The van der Waals surface area contributed by atoms with Crippen LogP contribution >= 0.6 is 0 Å². The number of esters is 1. The molecule has 0 unspecified atom stereocenters. The SMILES string of the molecule is COC(=O)[C@@H]1C[C@@H](O)CN1CCOC1CCC(NC2NCC(C3CCC(OC)CC3)CN2)CC1. The van der Waals surface area contributed by atoms with Crippen LogP contribution in [0, 0.1) is 11.8 Å². The van der Waals surface area contributed by atoms with E-state index in [4.69, 9.17) is 14.2 Å². The van der Waals surface area contributed by atoms with E-state index < -0.39 is 6.10 Å². The second-order valence-electron chi connectivity index (χ2n) is 10.7. The quantitative estimate of drug-likeness (QED) is 0.355. The van der Waals surface area contributed by atoms with Crippen molar-refractivity contribution in [1.82, 2.24) is 20.9 Å². The summed E-state index contributed by atoms with van der Waals surface area (Å²) >= 11 is 0. The lowest BCUT2D eigenvalue weighted by Crippen LogP contribution is -2.63. The van der Waals surface area contributed by atoms with Gasteiger partial charge in [-0.15, -0.1) is 0 Å². The fourth-order valence-electron chi connectivity index (χ4n) is 6.41. The van der Waals surface area contributed by atoms with E-state index in [9.17, 15) is 9.90 Å². The highest BCUT2D eigenvalue weighted by molar-refractivity contribution is 5.76. The van der Waals surface area contributed by atoms with Gasteiger partial charge >= 0.3 is 5.97 Å². The molecule has 4 fully saturated rings. The normalized spacial score (nSPS) is 39.7. The highest BCUT2D eigenvalue weighted by atomic mass is 16.5. The molecule has 9 heteroatoms. The molecule has 4 N–H and O–H groups in total. The summed E-state index contributed by atoms with van der Waals surface area (Å²) in [5.74, 6) is 1.26. The molecule has 2 atom stereocenters. The molecule has 0 aromatic carbocycles. The summed E-state index contributed by atoms with van der Waals surface area (Å²) in [6.45, 7) is 3.92. The first-order valence-electron chi connectivity index (χ1n) is 13.4. The van der Waals surface area contributed by atoms with Gasteiger partial charge in [-0.25, -0.2) is 0 Å². The van der Waals surface area contributed by atoms with Crippen LogP contribution in [0.15, 0.2) is 0 Å². The van der Waals surface area contributed by atoms with Crippen LogP contribution in [0.4, 0.5) is 0 Å². The summed E-state index contributed by atoms with van der Waals surface area (Å²) in [5.41, 5.74) is 0. The topological polar surface area (TPSA) is 104 Å². The van der Waals surface area contributed by atoms with Crippen LogP contribution in [0.1, 0.15) is 57.8 Å². The first kappa shape index (κ1) is 26.3. The Morgan fingerprint density at radius 1 is 0.971 bits per heavy atom. The zero-order valence-electron chi connectivity index (χ0n) is 21.0. The smallest absolute Gasteiger partial charge is 0.323 e. The number of carbonyl (C=O) groups is 1. The molecule has 2 aliphatic carbocycles. The van der Waals surface area contributed by atoms with E-state index in [-0.39, 0.29) is 24.4 Å². The third-order valence-corrected chi connectivity index (χ3v) is 8.55. The van der Waals surface area contributed by atoms with Gasteiger partial charge < -0.3 is 19.3 Å². The van der Waals surface area contributed by atoms with E-state index in [1.807, 2.05) is 12.0 Å². The maximum Gasteiger partial charge on any atom is 0.323 e. The highest BCUT2D eigenvalue weighted by Crippen LogP contribution is 2.32. The van der Waals surface area contributed by atoms with Crippen molar-refractivity contribution in [3.8, 4) is 0 Å². The summed E-state index contributed by atoms with van der Waals surface area (Å²) in [4.78, 5) is 13.9. The third kappa shape index (κ3) is 7.12. The van der Waals surface area contributed by atoms with Crippen molar-refractivity contribution in [2.45, 2.75) is 94.5 Å². The van der Waals surface area contributed by atoms with Gasteiger partial charge in [-0.05, 0) is 63.2 Å². The molecule has 0 amide bonds. The lowest BCUT2D eigenvalue weighted by Gasteiger charge is -2.40. The van der Waals surface area contributed by atoms with E-state index in [1.165, 1.54) is 32.8 Å². The lowest BCUT2D eigenvalue weighted by atomic mass is 9.78. The van der Waals surface area contributed by atoms with Gasteiger partial charge in [-0.3, -0.25) is 25.6 Å². The molecular weight excluding hydrogens is 436 g/mol. The van der Waals surface area contributed by atoms with E-state index in [2.05, 4.69) is 16.0 Å². The minimum absolute atomic E-state index is 0.200. The number of aliphatic hydroxyl groups is 1. The van der Waals surface area contributed by atoms with Gasteiger partial charge in [0, 0.05) is 45.8 Å². The van der Waals surface area contributed by atoms with E-state index in [0.29, 0.717) is 38.3 Å². The maximum atomic E-state index is 11.9. The zero-order chi connectivity index (χ0) is 23.9. The maximum absolute atomic E-state index is 11.9. The van der Waals surface area contributed by atoms with Gasteiger partial charge in [0.15, 0.2) is 0 Å². The molecule has 0 aromatic heterocycles. The van der Waals surface area contributed by atoms with Crippen molar-refractivity contribution >= 4 is 5.97 Å². The van der Waals surface area contributed by atoms with Gasteiger partial charge in [0.25, 0.3) is 0 Å². The summed E-state index contributed by atoms with van der Waals surface area (Å²) in [5, 5.41) is 21.1. The second-order valence-corrected chi connectivity index (χ2v) is 10.7. The average molecular weight is 483 g/mol. The Labute approximate surface area is 204 Å². The van der Waals surface area contributed by atoms with Crippen LogP contribution in [0.25, 0.3) is 0 Å². The molecule has 2 saturated heterocycles. The fraction of sp³-hybridized carbons (Fsp3) is 0.960. The minimum atomic E-state index is -0.464. The summed E-state index contributed by atoms with van der Waals surface area (Å²) < 4.78 is 16.5. The Kier molecular flexibility index (Phi) is 10.00. The van der Waals surface area contributed by atoms with Crippen molar-refractivity contribution in [1.29, 1.82) is 0 Å². The number of aliphatic hydroxyl groups excluding tert-OH is 1. The van der Waals surface area contributed by atoms with Crippen LogP contribution in [0.3, 0.4) is 0 Å². The average Bonchev–Trinajstić information content (AvgIpc) is 3.25. The van der Waals surface area contributed by atoms with Gasteiger partial charge in [-0.1, -0.05) is 0 Å². The van der Waals surface area contributed by atoms with Crippen molar-refractivity contribution in [2.75, 3.05) is 47.0 Å². The van der Waals surface area contributed by atoms with Gasteiger partial charge in [0.2, 0.25) is 0 Å². The number of carbonyl (C=O) groups excluding carboxylic acids is 1. The van der Waals surface area contributed by atoms with E-state index >= 15 is 0 Å². The predicted molar refractivity (Wildman–Crippen MR) is 129 cm³/mol. The molecule has 2 aliphatic heterocycles. The summed E-state index contributed by atoms with van der Waals surface area (Å²) in [7, 11) is 3.24. The number of ether oxygens (including phenoxy) is 3. The molecule has 2 saturated carbocycles. The molecule has 0 spiro atoms. The second kappa shape index (κ2) is 12.9. The van der Waals surface area contributed by atoms with Gasteiger partial charge in [0.05, 0.1) is 32.0 Å². The molecule has 4 aliphatic rings. The Hall–Kier alpha value is -0.810. The minimum Gasteiger partial charge on any atom is -0.468 e. The number of likely N-dealkylation sites (tertiary alicyclic amines) is 1. The molecule has 0 radical (unpaired) electrons. The van der Waals surface area contributed by atoms with Crippen LogP contribution < -0.4 is 16.0 Å². The molecular formula is C25H46N4O5. The predicted octanol–water partition coefficient (Wildman–Crippen LogP) is 0.810. The van der Waals surface area contributed by atoms with Crippen molar-refractivity contribution in [3.63, 3.8) is 0 Å². The van der Waals surface area contributed by atoms with Crippen molar-refractivity contribution < 1.29 is 24.1 Å². The molecule has 0 bridgehead atoms. The van der Waals surface area contributed by atoms with Crippen LogP contribution in [-0.4, -0.2) is 99.7 Å². The number of nitrogens with one attached hydrogen (secondary N) is 3. The monoisotopic (exact) mass is 482 g/mol. The highest BCUT2D eigenvalue weighted by Gasteiger charge is 2.37. The molecule has 4 rings (SSSR count). The number of methoxy groups -OCH3 is 2. The number of hydrogen-bond donors (Lipinski definition) is 4. The number of β-amino-alcohol motifs (C(OH)–C–C–N with tert-alkyl or cyclic N) is 1. The molecule has 34 heavy (non-hydrogen) atoms. The van der Waals surface area contributed by atoms with Gasteiger partial charge in [-0.2, -0.15) is 0 Å². The molecule has 196 valence electrons. The fourth-order valence-corrected chi connectivity index (χ4v) is 6.41. The number of nitrogens with zero attached hydrogens (tertiary/aromatic N) is 1. The van der Waals surface area contributed by atoms with Crippen LogP contribution in [0.2, 0.25) is 0 Å². The number of rotatable bonds is 9. The summed E-state index contributed by atoms with van der Waals surface area (Å²) in [6, 6.07) is 0.162. The zero-order valence-corrected chi connectivity index (χ0v) is 21.0. The van der Waals surface area contributed by atoms with Crippen molar-refractivity contribution in [3.05, 3.63) is 0 Å². The molecule has 9 nitrogen and oxygen atoms in total. The Morgan fingerprint density at radius 2 is 1.65 bits per heavy atom. The molecule has 0 aromatic rings. The standard InChI is InChI=1S/C25H46N4O5/c1-32-21-7-3-17(4-8-21)18-14-26-25(27-15-18)28-19-5-9-22(10-6-19)34-12-11-29-16-20(30)13-23(29)24(31)33-2/h17-23,25-28,30H,3-16H2,1-2H3/t17?,18?,19?,20-,21?,22?,23+,25?/m1/s1. The Bertz CT molecular complexity index is 616. The summed E-state index contributed by atoms with van der Waals surface area (Å²) in [6.07, 6.45) is 10.3. The van der Waals surface area contributed by atoms with Gasteiger partial charge in [0.1, 0.15) is 12.3 Å². The number of hydrogen-bond acceptors (Lipinski definition) is 9. The first-order valence-corrected chi connectivity index (χ1v) is 13.4. The van der Waals surface area contributed by atoms with E-state index in [0.717, 1.165) is 50.6 Å². The molecule has 2 heterocycles. The third-order valence-electron chi connectivity index (χ3n) is 8.55. The van der Waals surface area contributed by atoms with Crippen LogP contribution in [0.5, 0.6) is 0 Å². The first-order chi connectivity index (χ1) is 16.6. The van der Waals surface area contributed by atoms with Crippen molar-refractivity contribution in [2.24, 2.45) is 11.8 Å². The lowest BCUT2D eigenvalue weighted by molar-refractivity contribution is -0.146. The Morgan fingerprint density at radius 3 is 2.29 bits per heavy atom. The largest absolute Gasteiger partial charge is 0.468 e. The Balaban J connectivity index is 1.08. The van der Waals surface area contributed by atoms with E-state index in [1.54, 1.807) is 0 Å².